The van der Waals surface area contributed by atoms with Crippen LogP contribution in [0.5, 0.6) is 11.5 Å². The number of Topliss-reactive ketones (excluding diaryl/α,β-unsaturated/α-hetero) is 1. The SMILES string of the molecule is CCOc1ccc(C(=O)CCN2CCOCC2)cc1OCC.Cl. The van der Waals surface area contributed by atoms with Crippen molar-refractivity contribution in [1.82, 2.24) is 4.90 Å². The number of halogens is 1. The van der Waals surface area contributed by atoms with Crippen molar-refractivity contribution in [2.45, 2.75) is 20.3 Å². The van der Waals surface area contributed by atoms with Gasteiger partial charge in [-0.25, -0.2) is 0 Å². The minimum atomic E-state index is 0. The lowest BCUT2D eigenvalue weighted by atomic mass is 10.1. The van der Waals surface area contributed by atoms with E-state index >= 15 is 0 Å². The molecule has 2 rings (SSSR count). The van der Waals surface area contributed by atoms with Gasteiger partial charge in [0.05, 0.1) is 26.4 Å². The van der Waals surface area contributed by atoms with Crippen LogP contribution in [-0.4, -0.2) is 56.7 Å². The van der Waals surface area contributed by atoms with Crippen LogP contribution in [0.2, 0.25) is 0 Å². The van der Waals surface area contributed by atoms with Gasteiger partial charge in [0.15, 0.2) is 17.3 Å². The van der Waals surface area contributed by atoms with E-state index in [-0.39, 0.29) is 18.2 Å². The second-order valence-electron chi connectivity index (χ2n) is 5.15. The van der Waals surface area contributed by atoms with Gasteiger partial charge in [-0.15, -0.1) is 12.4 Å². The summed E-state index contributed by atoms with van der Waals surface area (Å²) in [6.45, 7) is 9.06. The highest BCUT2D eigenvalue weighted by Crippen LogP contribution is 2.29. The Morgan fingerprint density at radius 3 is 2.43 bits per heavy atom. The van der Waals surface area contributed by atoms with Crippen LogP contribution in [0.4, 0.5) is 0 Å². The predicted octanol–water partition coefficient (Wildman–Crippen LogP) is 2.81. The normalized spacial score (nSPS) is 14.9. The standard InChI is InChI=1S/C17H25NO4.ClH/c1-3-21-16-6-5-14(13-17(16)22-4-2)15(19)7-8-18-9-11-20-12-10-18;/h5-6,13H,3-4,7-12H2,1-2H3;1H. The van der Waals surface area contributed by atoms with Gasteiger partial charge < -0.3 is 14.2 Å². The maximum atomic E-state index is 12.4. The highest BCUT2D eigenvalue weighted by atomic mass is 35.5. The summed E-state index contributed by atoms with van der Waals surface area (Å²) in [6.07, 6.45) is 0.513. The monoisotopic (exact) mass is 343 g/mol. The van der Waals surface area contributed by atoms with Crippen LogP contribution < -0.4 is 9.47 Å². The molecule has 130 valence electrons. The van der Waals surface area contributed by atoms with Crippen molar-refractivity contribution >= 4 is 18.2 Å². The van der Waals surface area contributed by atoms with Gasteiger partial charge in [-0.05, 0) is 32.0 Å². The number of hydrogen-bond donors (Lipinski definition) is 0. The van der Waals surface area contributed by atoms with E-state index in [9.17, 15) is 4.79 Å². The number of ether oxygens (including phenoxy) is 3. The van der Waals surface area contributed by atoms with Gasteiger partial charge in [0.25, 0.3) is 0 Å². The zero-order valence-corrected chi connectivity index (χ0v) is 14.7. The average molecular weight is 344 g/mol. The maximum absolute atomic E-state index is 12.4. The molecule has 0 amide bonds. The molecule has 0 radical (unpaired) electrons. The van der Waals surface area contributed by atoms with Crippen molar-refractivity contribution in [2.75, 3.05) is 46.1 Å². The largest absolute Gasteiger partial charge is 0.490 e. The summed E-state index contributed by atoms with van der Waals surface area (Å²) in [7, 11) is 0. The third-order valence-electron chi connectivity index (χ3n) is 3.62. The van der Waals surface area contributed by atoms with Crippen LogP contribution in [0.25, 0.3) is 0 Å². The Bertz CT molecular complexity index is 489. The number of morpholine rings is 1. The molecule has 1 aromatic rings. The predicted molar refractivity (Wildman–Crippen MR) is 92.2 cm³/mol. The Hall–Kier alpha value is -1.30. The first kappa shape index (κ1) is 19.7. The highest BCUT2D eigenvalue weighted by molar-refractivity contribution is 5.96. The van der Waals surface area contributed by atoms with Gasteiger partial charge >= 0.3 is 0 Å². The molecule has 0 saturated carbocycles. The average Bonchev–Trinajstić information content (AvgIpc) is 2.55. The van der Waals surface area contributed by atoms with Crippen LogP contribution in [0.15, 0.2) is 18.2 Å². The fraction of sp³-hybridized carbons (Fsp3) is 0.588. The molecule has 0 N–H and O–H groups in total. The molecule has 0 aromatic heterocycles. The van der Waals surface area contributed by atoms with E-state index in [0.717, 1.165) is 32.8 Å². The van der Waals surface area contributed by atoms with E-state index in [4.69, 9.17) is 14.2 Å². The molecule has 1 saturated heterocycles. The van der Waals surface area contributed by atoms with Crippen LogP contribution >= 0.6 is 12.4 Å². The molecule has 0 bridgehead atoms. The molecule has 1 aliphatic heterocycles. The summed E-state index contributed by atoms with van der Waals surface area (Å²) in [4.78, 5) is 14.6. The van der Waals surface area contributed by atoms with E-state index < -0.39 is 0 Å². The minimum absolute atomic E-state index is 0. The summed E-state index contributed by atoms with van der Waals surface area (Å²) >= 11 is 0. The van der Waals surface area contributed by atoms with Gasteiger partial charge in [-0.3, -0.25) is 9.69 Å². The second kappa shape index (κ2) is 10.5. The van der Waals surface area contributed by atoms with Crippen molar-refractivity contribution in [3.8, 4) is 11.5 Å². The molecule has 1 fully saturated rings. The Balaban J connectivity index is 0.00000264. The minimum Gasteiger partial charge on any atom is -0.490 e. The number of carbonyl (C=O) groups excluding carboxylic acids is 1. The number of carbonyl (C=O) groups is 1. The van der Waals surface area contributed by atoms with Crippen molar-refractivity contribution < 1.29 is 19.0 Å². The van der Waals surface area contributed by atoms with E-state index in [0.29, 0.717) is 36.7 Å². The first-order chi connectivity index (χ1) is 10.7. The lowest BCUT2D eigenvalue weighted by Gasteiger charge is -2.26. The van der Waals surface area contributed by atoms with E-state index in [2.05, 4.69) is 4.90 Å². The van der Waals surface area contributed by atoms with E-state index in [1.54, 1.807) is 6.07 Å². The third kappa shape index (κ3) is 6.01. The fourth-order valence-electron chi connectivity index (χ4n) is 2.45. The van der Waals surface area contributed by atoms with Crippen molar-refractivity contribution in [2.24, 2.45) is 0 Å². The molecule has 0 spiro atoms. The van der Waals surface area contributed by atoms with Crippen LogP contribution in [0, 0.1) is 0 Å². The lowest BCUT2D eigenvalue weighted by molar-refractivity contribution is 0.0370. The highest BCUT2D eigenvalue weighted by Gasteiger charge is 2.15. The summed E-state index contributed by atoms with van der Waals surface area (Å²) < 4.78 is 16.4. The number of ketones is 1. The molecular formula is C17H26ClNO4. The molecule has 0 aliphatic carbocycles. The first-order valence-electron chi connectivity index (χ1n) is 7.97. The Labute approximate surface area is 144 Å². The molecule has 23 heavy (non-hydrogen) atoms. The fourth-order valence-corrected chi connectivity index (χ4v) is 2.45. The summed E-state index contributed by atoms with van der Waals surface area (Å²) in [6, 6.07) is 5.42. The zero-order chi connectivity index (χ0) is 15.8. The van der Waals surface area contributed by atoms with Gasteiger partial charge in [0.1, 0.15) is 0 Å². The number of benzene rings is 1. The van der Waals surface area contributed by atoms with Gasteiger partial charge in [0, 0.05) is 31.6 Å². The number of hydrogen-bond acceptors (Lipinski definition) is 5. The molecule has 1 aromatic carbocycles. The molecule has 0 unspecified atom stereocenters. The lowest BCUT2D eigenvalue weighted by Crippen LogP contribution is -2.37. The third-order valence-corrected chi connectivity index (χ3v) is 3.62. The van der Waals surface area contributed by atoms with Gasteiger partial charge in [-0.2, -0.15) is 0 Å². The van der Waals surface area contributed by atoms with E-state index in [1.807, 2.05) is 26.0 Å². The number of rotatable bonds is 8. The van der Waals surface area contributed by atoms with Crippen molar-refractivity contribution in [1.29, 1.82) is 0 Å². The Kier molecular flexibility index (Phi) is 8.99. The molecule has 6 heteroatoms. The van der Waals surface area contributed by atoms with Crippen molar-refractivity contribution in [3.63, 3.8) is 0 Å². The quantitative estimate of drug-likeness (QED) is 0.679. The number of nitrogens with zero attached hydrogens (tertiary/aromatic N) is 1. The molecule has 1 heterocycles. The van der Waals surface area contributed by atoms with Gasteiger partial charge in [-0.1, -0.05) is 0 Å². The smallest absolute Gasteiger partial charge is 0.164 e. The molecular weight excluding hydrogens is 318 g/mol. The topological polar surface area (TPSA) is 48.0 Å². The summed E-state index contributed by atoms with van der Waals surface area (Å²) in [5, 5.41) is 0. The summed E-state index contributed by atoms with van der Waals surface area (Å²) in [5.74, 6) is 1.46. The van der Waals surface area contributed by atoms with Crippen LogP contribution in [-0.2, 0) is 4.74 Å². The van der Waals surface area contributed by atoms with Crippen LogP contribution in [0.1, 0.15) is 30.6 Å². The molecule has 5 nitrogen and oxygen atoms in total. The van der Waals surface area contributed by atoms with E-state index in [1.165, 1.54) is 0 Å². The Morgan fingerprint density at radius 2 is 1.78 bits per heavy atom. The molecule has 1 aliphatic rings. The molecule has 0 atom stereocenters. The zero-order valence-electron chi connectivity index (χ0n) is 13.9. The second-order valence-corrected chi connectivity index (χ2v) is 5.15. The van der Waals surface area contributed by atoms with Gasteiger partial charge in [0.2, 0.25) is 0 Å². The Morgan fingerprint density at radius 1 is 1.13 bits per heavy atom. The van der Waals surface area contributed by atoms with Crippen molar-refractivity contribution in [3.05, 3.63) is 23.8 Å². The summed E-state index contributed by atoms with van der Waals surface area (Å²) in [5.41, 5.74) is 0.681. The maximum Gasteiger partial charge on any atom is 0.164 e. The first-order valence-corrected chi connectivity index (χ1v) is 7.97. The van der Waals surface area contributed by atoms with Crippen LogP contribution in [0.3, 0.4) is 0 Å².